The number of benzene rings is 1. The van der Waals surface area contributed by atoms with Crippen molar-refractivity contribution in [3.05, 3.63) is 57.2 Å². The lowest BCUT2D eigenvalue weighted by Crippen LogP contribution is -2.53. The normalized spacial score (nSPS) is 18.9. The molecule has 2 amide bonds. The topological polar surface area (TPSA) is 40.6 Å². The number of amides is 2. The second-order valence-corrected chi connectivity index (χ2v) is 9.82. The summed E-state index contributed by atoms with van der Waals surface area (Å²) in [6.07, 6.45) is 2.13. The standard InChI is InChI=1S/C20H21ClN2O2S2/c21-16-5-3-15(4-6-16)19(25)23-11-13-27-20(23)7-9-22(10-8-20)18(24)14-17-2-1-12-26-17/h1-6,12H,7-11,13-14H2. The number of likely N-dealkylation sites (tertiary alicyclic amines) is 1. The Labute approximate surface area is 172 Å². The first-order chi connectivity index (χ1) is 13.1. The van der Waals surface area contributed by atoms with Gasteiger partial charge < -0.3 is 9.80 Å². The lowest BCUT2D eigenvalue weighted by atomic mass is 10.0. The number of hydrogen-bond donors (Lipinski definition) is 0. The maximum absolute atomic E-state index is 13.0. The SMILES string of the molecule is O=C(Cc1cccs1)N1CCC2(CC1)SCCN2C(=O)c1ccc(Cl)cc1. The van der Waals surface area contributed by atoms with E-state index in [1.807, 2.05) is 39.1 Å². The fraction of sp³-hybridized carbons (Fsp3) is 0.400. The molecule has 1 aromatic carbocycles. The number of carbonyl (C=O) groups is 2. The van der Waals surface area contributed by atoms with E-state index >= 15 is 0 Å². The Morgan fingerprint density at radius 3 is 2.48 bits per heavy atom. The summed E-state index contributed by atoms with van der Waals surface area (Å²) in [5.74, 6) is 1.20. The van der Waals surface area contributed by atoms with Gasteiger partial charge in [0, 0.05) is 40.9 Å². The molecule has 2 aliphatic rings. The van der Waals surface area contributed by atoms with Crippen molar-refractivity contribution in [1.29, 1.82) is 0 Å². The molecule has 0 bridgehead atoms. The summed E-state index contributed by atoms with van der Waals surface area (Å²) in [4.78, 5) is 30.5. The average molecular weight is 421 g/mol. The molecule has 4 nitrogen and oxygen atoms in total. The summed E-state index contributed by atoms with van der Waals surface area (Å²) in [6, 6.07) is 11.1. The predicted molar refractivity (Wildman–Crippen MR) is 112 cm³/mol. The van der Waals surface area contributed by atoms with Gasteiger partial charge >= 0.3 is 0 Å². The van der Waals surface area contributed by atoms with E-state index in [1.165, 1.54) is 0 Å². The number of thiophene rings is 1. The lowest BCUT2D eigenvalue weighted by molar-refractivity contribution is -0.132. The van der Waals surface area contributed by atoms with Gasteiger partial charge in [-0.25, -0.2) is 0 Å². The quantitative estimate of drug-likeness (QED) is 0.748. The molecule has 3 heterocycles. The molecule has 2 fully saturated rings. The van der Waals surface area contributed by atoms with Crippen molar-refractivity contribution in [2.75, 3.05) is 25.4 Å². The molecule has 0 aliphatic carbocycles. The zero-order valence-corrected chi connectivity index (χ0v) is 17.3. The van der Waals surface area contributed by atoms with E-state index in [0.29, 0.717) is 30.1 Å². The van der Waals surface area contributed by atoms with Crippen LogP contribution in [-0.4, -0.2) is 51.9 Å². The summed E-state index contributed by atoms with van der Waals surface area (Å²) in [7, 11) is 0. The van der Waals surface area contributed by atoms with Crippen LogP contribution in [-0.2, 0) is 11.2 Å². The molecule has 1 spiro atoms. The molecule has 2 aromatic rings. The monoisotopic (exact) mass is 420 g/mol. The first-order valence-electron chi connectivity index (χ1n) is 9.09. The molecule has 27 heavy (non-hydrogen) atoms. The fourth-order valence-electron chi connectivity index (χ4n) is 3.84. The molecule has 0 saturated carbocycles. The third-order valence-electron chi connectivity index (χ3n) is 5.32. The number of nitrogens with zero attached hydrogens (tertiary/aromatic N) is 2. The van der Waals surface area contributed by atoms with Crippen LogP contribution in [0.3, 0.4) is 0 Å². The molecule has 4 rings (SSSR count). The largest absolute Gasteiger partial charge is 0.342 e. The third-order valence-corrected chi connectivity index (χ3v) is 8.00. The molecule has 0 radical (unpaired) electrons. The third kappa shape index (κ3) is 3.89. The van der Waals surface area contributed by atoms with E-state index < -0.39 is 0 Å². The van der Waals surface area contributed by atoms with E-state index in [9.17, 15) is 9.59 Å². The highest BCUT2D eigenvalue weighted by molar-refractivity contribution is 8.00. The van der Waals surface area contributed by atoms with Crippen LogP contribution in [0.1, 0.15) is 28.1 Å². The highest BCUT2D eigenvalue weighted by atomic mass is 35.5. The molecule has 0 N–H and O–H groups in total. The van der Waals surface area contributed by atoms with Crippen LogP contribution in [0.25, 0.3) is 0 Å². The van der Waals surface area contributed by atoms with Crippen LogP contribution in [0, 0.1) is 0 Å². The molecular formula is C20H21ClN2O2S2. The van der Waals surface area contributed by atoms with Gasteiger partial charge in [0.25, 0.3) is 5.91 Å². The molecule has 2 aliphatic heterocycles. The van der Waals surface area contributed by atoms with Crippen molar-refractivity contribution in [1.82, 2.24) is 9.80 Å². The Morgan fingerprint density at radius 1 is 1.07 bits per heavy atom. The first-order valence-corrected chi connectivity index (χ1v) is 11.3. The van der Waals surface area contributed by atoms with Gasteiger partial charge in [-0.15, -0.1) is 23.1 Å². The van der Waals surface area contributed by atoms with Gasteiger partial charge in [-0.05, 0) is 48.6 Å². The van der Waals surface area contributed by atoms with Crippen molar-refractivity contribution >= 4 is 46.5 Å². The maximum atomic E-state index is 13.0. The van der Waals surface area contributed by atoms with Crippen LogP contribution in [0.4, 0.5) is 0 Å². The van der Waals surface area contributed by atoms with Crippen LogP contribution in [0.5, 0.6) is 0 Å². The number of piperidine rings is 1. The molecular weight excluding hydrogens is 400 g/mol. The summed E-state index contributed by atoms with van der Waals surface area (Å²) in [6.45, 7) is 2.18. The Kier molecular flexibility index (Phi) is 5.48. The van der Waals surface area contributed by atoms with E-state index in [4.69, 9.17) is 11.6 Å². The molecule has 0 atom stereocenters. The number of thioether (sulfide) groups is 1. The van der Waals surface area contributed by atoms with Crippen LogP contribution < -0.4 is 0 Å². The predicted octanol–water partition coefficient (Wildman–Crippen LogP) is 4.15. The lowest BCUT2D eigenvalue weighted by Gasteiger charge is -2.44. The number of rotatable bonds is 3. The van der Waals surface area contributed by atoms with Crippen molar-refractivity contribution in [2.24, 2.45) is 0 Å². The molecule has 0 unspecified atom stereocenters. The Hall–Kier alpha value is -1.50. The van der Waals surface area contributed by atoms with Crippen LogP contribution in [0.15, 0.2) is 41.8 Å². The number of hydrogen-bond acceptors (Lipinski definition) is 4. The second kappa shape index (κ2) is 7.86. The van der Waals surface area contributed by atoms with Gasteiger partial charge in [-0.2, -0.15) is 0 Å². The Balaban J connectivity index is 1.42. The zero-order chi connectivity index (χ0) is 18.9. The molecule has 7 heteroatoms. The summed E-state index contributed by atoms with van der Waals surface area (Å²) < 4.78 is 0. The minimum atomic E-state index is -0.184. The van der Waals surface area contributed by atoms with E-state index in [0.717, 1.165) is 30.0 Å². The second-order valence-electron chi connectivity index (χ2n) is 6.90. The highest BCUT2D eigenvalue weighted by Crippen LogP contribution is 2.44. The molecule has 2 saturated heterocycles. The van der Waals surface area contributed by atoms with E-state index in [2.05, 4.69) is 0 Å². The van der Waals surface area contributed by atoms with Crippen LogP contribution in [0.2, 0.25) is 5.02 Å². The van der Waals surface area contributed by atoms with Gasteiger partial charge in [0.15, 0.2) is 0 Å². The highest BCUT2D eigenvalue weighted by Gasteiger charge is 2.47. The van der Waals surface area contributed by atoms with Gasteiger partial charge in [0.05, 0.1) is 11.3 Å². The van der Waals surface area contributed by atoms with Gasteiger partial charge in [0.1, 0.15) is 0 Å². The van der Waals surface area contributed by atoms with E-state index in [-0.39, 0.29) is 16.7 Å². The van der Waals surface area contributed by atoms with Crippen molar-refractivity contribution in [3.63, 3.8) is 0 Å². The minimum Gasteiger partial charge on any atom is -0.342 e. The zero-order valence-electron chi connectivity index (χ0n) is 14.9. The average Bonchev–Trinajstić information content (AvgIpc) is 3.32. The Morgan fingerprint density at radius 2 is 1.81 bits per heavy atom. The fourth-order valence-corrected chi connectivity index (χ4v) is 6.11. The van der Waals surface area contributed by atoms with Crippen molar-refractivity contribution in [2.45, 2.75) is 24.1 Å². The van der Waals surface area contributed by atoms with E-state index in [1.54, 1.807) is 35.6 Å². The summed E-state index contributed by atoms with van der Waals surface area (Å²) in [5.41, 5.74) is 0.678. The van der Waals surface area contributed by atoms with Gasteiger partial charge in [0.2, 0.25) is 5.91 Å². The molecule has 1 aromatic heterocycles. The minimum absolute atomic E-state index is 0.0648. The smallest absolute Gasteiger partial charge is 0.254 e. The number of carbonyl (C=O) groups excluding carboxylic acids is 2. The Bertz CT molecular complexity index is 815. The molecule has 142 valence electrons. The summed E-state index contributed by atoms with van der Waals surface area (Å²) >= 11 is 9.43. The summed E-state index contributed by atoms with van der Waals surface area (Å²) in [5, 5.41) is 2.64. The van der Waals surface area contributed by atoms with Crippen molar-refractivity contribution in [3.8, 4) is 0 Å². The van der Waals surface area contributed by atoms with Crippen LogP contribution >= 0.6 is 34.7 Å². The van der Waals surface area contributed by atoms with Gasteiger partial charge in [-0.1, -0.05) is 17.7 Å². The van der Waals surface area contributed by atoms with Crippen molar-refractivity contribution < 1.29 is 9.59 Å². The number of halogens is 1. The maximum Gasteiger partial charge on any atom is 0.254 e. The van der Waals surface area contributed by atoms with Gasteiger partial charge in [-0.3, -0.25) is 9.59 Å². The first kappa shape index (κ1) is 18.8.